The van der Waals surface area contributed by atoms with Crippen LogP contribution in [0.25, 0.3) is 0 Å². The molecule has 0 aromatic heterocycles. The monoisotopic (exact) mass is 374 g/mol. The number of fused-ring (bicyclic) bond motifs is 1. The number of hydrogen-bond donors (Lipinski definition) is 1. The molecule has 1 amide bonds. The van der Waals surface area contributed by atoms with E-state index in [1.54, 1.807) is 13.2 Å². The van der Waals surface area contributed by atoms with Gasteiger partial charge in [-0.05, 0) is 36.9 Å². The van der Waals surface area contributed by atoms with Crippen molar-refractivity contribution in [1.82, 2.24) is 10.2 Å². The van der Waals surface area contributed by atoms with Crippen molar-refractivity contribution in [1.29, 1.82) is 0 Å². The van der Waals surface area contributed by atoms with E-state index in [4.69, 9.17) is 21.1 Å². The molecular formula is C20H23ClN2O3. The first-order chi connectivity index (χ1) is 12.5. The van der Waals surface area contributed by atoms with Crippen LogP contribution in [-0.4, -0.2) is 44.2 Å². The van der Waals surface area contributed by atoms with Crippen LogP contribution < -0.4 is 14.8 Å². The van der Waals surface area contributed by atoms with Crippen LogP contribution in [0.2, 0.25) is 5.02 Å². The van der Waals surface area contributed by atoms with Gasteiger partial charge in [0.15, 0.2) is 0 Å². The Morgan fingerprint density at radius 3 is 2.92 bits per heavy atom. The Balaban J connectivity index is 1.46. The maximum Gasteiger partial charge on any atom is 0.234 e. The third-order valence-electron chi connectivity index (χ3n) is 4.34. The van der Waals surface area contributed by atoms with Crippen molar-refractivity contribution in [2.75, 3.05) is 27.2 Å². The van der Waals surface area contributed by atoms with E-state index in [9.17, 15) is 4.79 Å². The number of rotatable bonds is 7. The topological polar surface area (TPSA) is 50.8 Å². The summed E-state index contributed by atoms with van der Waals surface area (Å²) in [5.74, 6) is 1.64. The molecule has 1 heterocycles. The van der Waals surface area contributed by atoms with Gasteiger partial charge in [-0.3, -0.25) is 9.69 Å². The number of amides is 1. The summed E-state index contributed by atoms with van der Waals surface area (Å²) in [6.07, 6.45) is 0.820. The molecule has 2 aromatic carbocycles. The highest BCUT2D eigenvalue weighted by Crippen LogP contribution is 2.27. The molecule has 0 saturated heterocycles. The Morgan fingerprint density at radius 1 is 1.35 bits per heavy atom. The van der Waals surface area contributed by atoms with E-state index in [2.05, 4.69) is 11.4 Å². The average Bonchev–Trinajstić information content (AvgIpc) is 3.03. The minimum Gasteiger partial charge on any atom is -0.496 e. The van der Waals surface area contributed by atoms with Crippen LogP contribution in [0.4, 0.5) is 0 Å². The SMILES string of the molecule is COc1ccc(Cl)cc1CN(C)CC(=O)NCC1Cc2ccccc2O1. The van der Waals surface area contributed by atoms with Crippen LogP contribution in [0.5, 0.6) is 11.5 Å². The highest BCUT2D eigenvalue weighted by molar-refractivity contribution is 6.30. The van der Waals surface area contributed by atoms with Gasteiger partial charge in [0.1, 0.15) is 17.6 Å². The predicted octanol–water partition coefficient (Wildman–Crippen LogP) is 2.90. The fourth-order valence-corrected chi connectivity index (χ4v) is 3.31. The van der Waals surface area contributed by atoms with Crippen molar-refractivity contribution in [3.63, 3.8) is 0 Å². The normalized spacial score (nSPS) is 15.5. The van der Waals surface area contributed by atoms with Crippen LogP contribution >= 0.6 is 11.6 Å². The zero-order valence-electron chi connectivity index (χ0n) is 15.0. The van der Waals surface area contributed by atoms with E-state index in [0.29, 0.717) is 18.1 Å². The molecule has 0 radical (unpaired) electrons. The number of benzene rings is 2. The molecule has 0 aliphatic carbocycles. The molecule has 0 spiro atoms. The Labute approximate surface area is 158 Å². The number of carbonyl (C=O) groups is 1. The van der Waals surface area contributed by atoms with Gasteiger partial charge in [0.2, 0.25) is 5.91 Å². The lowest BCUT2D eigenvalue weighted by atomic mass is 10.1. The molecule has 5 nitrogen and oxygen atoms in total. The highest BCUT2D eigenvalue weighted by Gasteiger charge is 2.22. The lowest BCUT2D eigenvalue weighted by molar-refractivity contribution is -0.122. The molecule has 1 aliphatic rings. The molecule has 1 unspecified atom stereocenters. The first kappa shape index (κ1) is 18.5. The Kier molecular flexibility index (Phi) is 6.01. The quantitative estimate of drug-likeness (QED) is 0.809. The number of para-hydroxylation sites is 1. The van der Waals surface area contributed by atoms with Gasteiger partial charge in [0, 0.05) is 23.6 Å². The van der Waals surface area contributed by atoms with Gasteiger partial charge in [-0.25, -0.2) is 0 Å². The van der Waals surface area contributed by atoms with E-state index in [1.807, 2.05) is 42.3 Å². The lowest BCUT2D eigenvalue weighted by Gasteiger charge is -2.19. The number of hydrogen-bond acceptors (Lipinski definition) is 4. The summed E-state index contributed by atoms with van der Waals surface area (Å²) in [5, 5.41) is 3.60. The molecule has 138 valence electrons. The van der Waals surface area contributed by atoms with Crippen molar-refractivity contribution in [2.24, 2.45) is 0 Å². The second-order valence-electron chi connectivity index (χ2n) is 6.48. The molecular weight excluding hydrogens is 352 g/mol. The van der Waals surface area contributed by atoms with Crippen molar-refractivity contribution in [3.05, 3.63) is 58.6 Å². The Morgan fingerprint density at radius 2 is 2.15 bits per heavy atom. The summed E-state index contributed by atoms with van der Waals surface area (Å²) in [4.78, 5) is 14.2. The van der Waals surface area contributed by atoms with Crippen LogP contribution in [0.15, 0.2) is 42.5 Å². The summed E-state index contributed by atoms with van der Waals surface area (Å²) in [5.41, 5.74) is 2.14. The largest absolute Gasteiger partial charge is 0.496 e. The fourth-order valence-electron chi connectivity index (χ4n) is 3.11. The molecule has 1 N–H and O–H groups in total. The highest BCUT2D eigenvalue weighted by atomic mass is 35.5. The fraction of sp³-hybridized carbons (Fsp3) is 0.350. The van der Waals surface area contributed by atoms with Crippen LogP contribution in [0.1, 0.15) is 11.1 Å². The molecule has 2 aromatic rings. The number of likely N-dealkylation sites (N-methyl/N-ethyl adjacent to an activating group) is 1. The number of carbonyl (C=O) groups excluding carboxylic acids is 1. The molecule has 3 rings (SSSR count). The van der Waals surface area contributed by atoms with E-state index in [1.165, 1.54) is 5.56 Å². The average molecular weight is 375 g/mol. The maximum absolute atomic E-state index is 12.2. The van der Waals surface area contributed by atoms with E-state index >= 15 is 0 Å². The number of methoxy groups -OCH3 is 1. The third-order valence-corrected chi connectivity index (χ3v) is 4.57. The van der Waals surface area contributed by atoms with Crippen LogP contribution in [0.3, 0.4) is 0 Å². The smallest absolute Gasteiger partial charge is 0.234 e. The molecule has 0 saturated carbocycles. The molecule has 0 bridgehead atoms. The minimum absolute atomic E-state index is 0.00493. The first-order valence-corrected chi connectivity index (χ1v) is 8.95. The van der Waals surface area contributed by atoms with Crippen molar-refractivity contribution in [3.8, 4) is 11.5 Å². The molecule has 26 heavy (non-hydrogen) atoms. The lowest BCUT2D eigenvalue weighted by Crippen LogP contribution is -2.39. The third kappa shape index (κ3) is 4.68. The van der Waals surface area contributed by atoms with E-state index in [-0.39, 0.29) is 18.6 Å². The van der Waals surface area contributed by atoms with Crippen LogP contribution in [0, 0.1) is 0 Å². The van der Waals surface area contributed by atoms with Gasteiger partial charge in [-0.1, -0.05) is 29.8 Å². The number of nitrogens with zero attached hydrogens (tertiary/aromatic N) is 1. The standard InChI is InChI=1S/C20H23ClN2O3/c1-23(12-15-9-16(21)7-8-18(15)25-2)13-20(24)22-11-17-10-14-5-3-4-6-19(14)26-17/h3-9,17H,10-13H2,1-2H3,(H,22,24). The van der Waals surface area contributed by atoms with Gasteiger partial charge >= 0.3 is 0 Å². The summed E-state index contributed by atoms with van der Waals surface area (Å²) in [6, 6.07) is 13.5. The summed E-state index contributed by atoms with van der Waals surface area (Å²) >= 11 is 6.06. The van der Waals surface area contributed by atoms with Gasteiger partial charge in [-0.15, -0.1) is 0 Å². The Bertz CT molecular complexity index is 756. The first-order valence-electron chi connectivity index (χ1n) is 8.57. The summed E-state index contributed by atoms with van der Waals surface area (Å²) in [6.45, 7) is 1.36. The molecule has 1 aliphatic heterocycles. The number of nitrogens with one attached hydrogen (secondary N) is 1. The van der Waals surface area contributed by atoms with Gasteiger partial charge in [0.25, 0.3) is 0 Å². The predicted molar refractivity (Wildman–Crippen MR) is 102 cm³/mol. The van der Waals surface area contributed by atoms with E-state index < -0.39 is 0 Å². The second kappa shape index (κ2) is 8.43. The zero-order chi connectivity index (χ0) is 18.5. The zero-order valence-corrected chi connectivity index (χ0v) is 15.8. The molecule has 0 fully saturated rings. The van der Waals surface area contributed by atoms with Gasteiger partial charge in [0.05, 0.1) is 20.2 Å². The van der Waals surface area contributed by atoms with Crippen LogP contribution in [-0.2, 0) is 17.8 Å². The number of halogens is 1. The van der Waals surface area contributed by atoms with Gasteiger partial charge in [-0.2, -0.15) is 0 Å². The molecule has 6 heteroatoms. The van der Waals surface area contributed by atoms with Gasteiger partial charge < -0.3 is 14.8 Å². The van der Waals surface area contributed by atoms with Crippen molar-refractivity contribution >= 4 is 17.5 Å². The summed E-state index contributed by atoms with van der Waals surface area (Å²) < 4.78 is 11.2. The maximum atomic E-state index is 12.2. The van der Waals surface area contributed by atoms with Crippen molar-refractivity contribution in [2.45, 2.75) is 19.1 Å². The summed E-state index contributed by atoms with van der Waals surface area (Å²) in [7, 11) is 3.51. The second-order valence-corrected chi connectivity index (χ2v) is 6.92. The minimum atomic E-state index is -0.0342. The van der Waals surface area contributed by atoms with Crippen molar-refractivity contribution < 1.29 is 14.3 Å². The Hall–Kier alpha value is -2.24. The molecule has 1 atom stereocenters. The van der Waals surface area contributed by atoms with E-state index in [0.717, 1.165) is 23.5 Å². The number of ether oxygens (including phenoxy) is 2.